The summed E-state index contributed by atoms with van der Waals surface area (Å²) in [5.41, 5.74) is -0.571. The Morgan fingerprint density at radius 3 is 2.14 bits per heavy atom. The minimum atomic E-state index is -1.39. The van der Waals surface area contributed by atoms with Crippen LogP contribution in [-0.2, 0) is 6.61 Å². The van der Waals surface area contributed by atoms with E-state index in [9.17, 15) is 27.5 Å². The van der Waals surface area contributed by atoms with E-state index in [-0.39, 0.29) is 22.8 Å². The van der Waals surface area contributed by atoms with Gasteiger partial charge in [-0.15, -0.1) is 0 Å². The summed E-state index contributed by atoms with van der Waals surface area (Å²) in [5.74, 6) is -5.74. The molecule has 2 aromatic carbocycles. The van der Waals surface area contributed by atoms with Crippen LogP contribution in [0.2, 0.25) is 0 Å². The van der Waals surface area contributed by atoms with E-state index < -0.39 is 41.9 Å². The first-order valence-electron chi connectivity index (χ1n) is 7.63. The Labute approximate surface area is 155 Å². The van der Waals surface area contributed by atoms with Gasteiger partial charge in [-0.3, -0.25) is 0 Å². The number of carboxylic acid groups (broad SMARTS) is 1. The van der Waals surface area contributed by atoms with Gasteiger partial charge in [0.2, 0.25) is 0 Å². The SMILES string of the molecule is O=C(O)c1cnc(Oc2ccc(F)cc2F)nc1COc1ccc(F)cc1F. The van der Waals surface area contributed by atoms with E-state index in [2.05, 4.69) is 9.97 Å². The Morgan fingerprint density at radius 2 is 1.57 bits per heavy atom. The fourth-order valence-corrected chi connectivity index (χ4v) is 2.13. The third-order valence-corrected chi connectivity index (χ3v) is 3.43. The first-order chi connectivity index (χ1) is 13.3. The molecular weight excluding hydrogens is 384 g/mol. The number of aromatic nitrogens is 2. The van der Waals surface area contributed by atoms with Crippen LogP contribution in [0.25, 0.3) is 0 Å². The molecule has 0 saturated carbocycles. The first kappa shape index (κ1) is 19.1. The van der Waals surface area contributed by atoms with Crippen molar-refractivity contribution in [3.8, 4) is 17.5 Å². The minimum Gasteiger partial charge on any atom is -0.484 e. The lowest BCUT2D eigenvalue weighted by Gasteiger charge is -2.11. The zero-order valence-corrected chi connectivity index (χ0v) is 13.8. The van der Waals surface area contributed by atoms with Gasteiger partial charge in [0.25, 0.3) is 0 Å². The quantitative estimate of drug-likeness (QED) is 0.634. The molecule has 0 fully saturated rings. The second-order valence-corrected chi connectivity index (χ2v) is 5.36. The highest BCUT2D eigenvalue weighted by Crippen LogP contribution is 2.24. The van der Waals surface area contributed by atoms with Gasteiger partial charge in [0.15, 0.2) is 23.1 Å². The average Bonchev–Trinajstić information content (AvgIpc) is 2.63. The van der Waals surface area contributed by atoms with Crippen molar-refractivity contribution in [1.29, 1.82) is 0 Å². The number of carboxylic acids is 1. The van der Waals surface area contributed by atoms with Crippen LogP contribution in [0.4, 0.5) is 17.6 Å². The topological polar surface area (TPSA) is 81.5 Å². The fraction of sp³-hybridized carbons (Fsp3) is 0.0556. The standard InChI is InChI=1S/C18H10F4N2O4/c19-9-1-3-15(12(21)5-9)27-8-14-11(17(25)26)7-23-18(24-14)28-16-4-2-10(20)6-13(16)22/h1-7H,8H2,(H,25,26). The molecule has 3 aromatic rings. The Morgan fingerprint density at radius 1 is 0.964 bits per heavy atom. The molecule has 0 aliphatic rings. The number of nitrogens with zero attached hydrogens (tertiary/aromatic N) is 2. The van der Waals surface area contributed by atoms with Crippen LogP contribution in [-0.4, -0.2) is 21.0 Å². The number of carbonyl (C=O) groups is 1. The monoisotopic (exact) mass is 394 g/mol. The van der Waals surface area contributed by atoms with Gasteiger partial charge >= 0.3 is 12.0 Å². The Hall–Kier alpha value is -3.69. The number of ether oxygens (including phenoxy) is 2. The van der Waals surface area contributed by atoms with Gasteiger partial charge < -0.3 is 14.6 Å². The van der Waals surface area contributed by atoms with Crippen molar-refractivity contribution >= 4 is 5.97 Å². The van der Waals surface area contributed by atoms with E-state index in [4.69, 9.17) is 9.47 Å². The first-order valence-corrected chi connectivity index (χ1v) is 7.63. The van der Waals surface area contributed by atoms with E-state index in [1.54, 1.807) is 0 Å². The van der Waals surface area contributed by atoms with E-state index >= 15 is 0 Å². The summed E-state index contributed by atoms with van der Waals surface area (Å²) < 4.78 is 63.4. The summed E-state index contributed by atoms with van der Waals surface area (Å²) in [6.45, 7) is -0.519. The number of hydrogen-bond donors (Lipinski definition) is 1. The Kier molecular flexibility index (Phi) is 5.39. The average molecular weight is 394 g/mol. The third kappa shape index (κ3) is 4.34. The summed E-state index contributed by atoms with van der Waals surface area (Å²) >= 11 is 0. The van der Waals surface area contributed by atoms with Crippen molar-refractivity contribution in [3.63, 3.8) is 0 Å². The second kappa shape index (κ2) is 7.91. The van der Waals surface area contributed by atoms with E-state index in [1.807, 2.05) is 0 Å². The number of halogens is 4. The second-order valence-electron chi connectivity index (χ2n) is 5.36. The highest BCUT2D eigenvalue weighted by atomic mass is 19.1. The molecule has 1 heterocycles. The molecule has 3 rings (SSSR count). The van der Waals surface area contributed by atoms with Gasteiger partial charge in [-0.25, -0.2) is 27.3 Å². The molecule has 28 heavy (non-hydrogen) atoms. The third-order valence-electron chi connectivity index (χ3n) is 3.43. The van der Waals surface area contributed by atoms with Crippen LogP contribution in [0.3, 0.4) is 0 Å². The summed E-state index contributed by atoms with van der Waals surface area (Å²) in [6, 6.07) is 4.68. The number of rotatable bonds is 6. The highest BCUT2D eigenvalue weighted by Gasteiger charge is 2.17. The van der Waals surface area contributed by atoms with Crippen molar-refractivity contribution in [2.24, 2.45) is 0 Å². The molecule has 1 N–H and O–H groups in total. The summed E-state index contributed by atoms with van der Waals surface area (Å²) in [7, 11) is 0. The van der Waals surface area contributed by atoms with Crippen LogP contribution in [0.1, 0.15) is 16.1 Å². The molecule has 0 amide bonds. The van der Waals surface area contributed by atoms with Gasteiger partial charge in [0.1, 0.15) is 23.8 Å². The molecule has 0 atom stereocenters. The Balaban J connectivity index is 1.86. The molecule has 0 spiro atoms. The van der Waals surface area contributed by atoms with E-state index in [1.165, 1.54) is 0 Å². The van der Waals surface area contributed by atoms with Gasteiger partial charge in [0.05, 0.1) is 5.69 Å². The number of aromatic carboxylic acids is 1. The van der Waals surface area contributed by atoms with Gasteiger partial charge in [-0.2, -0.15) is 4.98 Å². The molecule has 1 aromatic heterocycles. The zero-order valence-electron chi connectivity index (χ0n) is 13.8. The van der Waals surface area contributed by atoms with Crippen molar-refractivity contribution < 1.29 is 36.9 Å². The molecule has 10 heteroatoms. The molecule has 144 valence electrons. The van der Waals surface area contributed by atoms with Crippen LogP contribution in [0.5, 0.6) is 17.5 Å². The van der Waals surface area contributed by atoms with Gasteiger partial charge in [0, 0.05) is 18.3 Å². The summed E-state index contributed by atoms with van der Waals surface area (Å²) in [6.07, 6.45) is 0.895. The molecule has 0 aliphatic carbocycles. The predicted octanol–water partition coefficient (Wildman–Crippen LogP) is 4.10. The smallest absolute Gasteiger partial charge is 0.339 e. The molecular formula is C18H10F4N2O4. The van der Waals surface area contributed by atoms with E-state index in [0.717, 1.165) is 30.5 Å². The molecule has 0 unspecified atom stereocenters. The van der Waals surface area contributed by atoms with Crippen LogP contribution >= 0.6 is 0 Å². The lowest BCUT2D eigenvalue weighted by molar-refractivity contribution is 0.0692. The normalized spacial score (nSPS) is 10.6. The van der Waals surface area contributed by atoms with Crippen molar-refractivity contribution in [2.45, 2.75) is 6.61 Å². The molecule has 0 bridgehead atoms. The maximum Gasteiger partial charge on any atom is 0.339 e. The lowest BCUT2D eigenvalue weighted by Crippen LogP contribution is -2.10. The molecule has 6 nitrogen and oxygen atoms in total. The maximum absolute atomic E-state index is 13.7. The molecule has 0 aliphatic heterocycles. The lowest BCUT2D eigenvalue weighted by atomic mass is 10.2. The van der Waals surface area contributed by atoms with Crippen molar-refractivity contribution in [1.82, 2.24) is 9.97 Å². The largest absolute Gasteiger partial charge is 0.484 e. The summed E-state index contributed by atoms with van der Waals surface area (Å²) in [4.78, 5) is 18.8. The molecule has 0 radical (unpaired) electrons. The zero-order chi connectivity index (χ0) is 20.3. The fourth-order valence-electron chi connectivity index (χ4n) is 2.13. The van der Waals surface area contributed by atoms with E-state index in [0.29, 0.717) is 12.1 Å². The highest BCUT2D eigenvalue weighted by molar-refractivity contribution is 5.88. The van der Waals surface area contributed by atoms with Gasteiger partial charge in [-0.1, -0.05) is 0 Å². The predicted molar refractivity (Wildman–Crippen MR) is 86.1 cm³/mol. The van der Waals surface area contributed by atoms with Crippen molar-refractivity contribution in [2.75, 3.05) is 0 Å². The van der Waals surface area contributed by atoms with Crippen LogP contribution < -0.4 is 9.47 Å². The molecule has 0 saturated heterocycles. The number of hydrogen-bond acceptors (Lipinski definition) is 5. The van der Waals surface area contributed by atoms with Crippen LogP contribution in [0.15, 0.2) is 42.6 Å². The number of benzene rings is 2. The summed E-state index contributed by atoms with van der Waals surface area (Å²) in [5, 5.41) is 9.21. The Bertz CT molecular complexity index is 1050. The van der Waals surface area contributed by atoms with Crippen LogP contribution in [0, 0.1) is 23.3 Å². The minimum absolute atomic E-state index is 0.205. The van der Waals surface area contributed by atoms with Crippen molar-refractivity contribution in [3.05, 3.63) is 77.1 Å². The van der Waals surface area contributed by atoms with Gasteiger partial charge in [-0.05, 0) is 24.3 Å². The maximum atomic E-state index is 13.7.